The van der Waals surface area contributed by atoms with E-state index in [0.29, 0.717) is 30.8 Å². The third kappa shape index (κ3) is 4.12. The van der Waals surface area contributed by atoms with Gasteiger partial charge in [0, 0.05) is 18.5 Å². The van der Waals surface area contributed by atoms with E-state index in [1.54, 1.807) is 18.1 Å². The van der Waals surface area contributed by atoms with Crippen LogP contribution in [-0.4, -0.2) is 37.1 Å². The molecule has 3 rings (SSSR count). The molecule has 0 fully saturated rings. The second kappa shape index (κ2) is 8.25. The Bertz CT molecular complexity index is 922. The monoisotopic (exact) mass is 397 g/mol. The Labute approximate surface area is 171 Å². The van der Waals surface area contributed by atoms with Gasteiger partial charge in [0.2, 0.25) is 0 Å². The molecule has 1 unspecified atom stereocenters. The molecular formula is C23H27NO5. The molecule has 1 atom stereocenters. The van der Waals surface area contributed by atoms with Crippen LogP contribution in [0.25, 0.3) is 0 Å². The number of amides is 1. The minimum absolute atomic E-state index is 0.222. The molecule has 1 aliphatic heterocycles. The van der Waals surface area contributed by atoms with Crippen molar-refractivity contribution in [3.8, 4) is 11.5 Å². The number of nitrogens with zero attached hydrogens (tertiary/aromatic N) is 1. The number of benzene rings is 2. The number of aliphatic hydroxyl groups is 1. The Morgan fingerprint density at radius 3 is 2.41 bits per heavy atom. The first-order valence-electron chi connectivity index (χ1n) is 9.68. The van der Waals surface area contributed by atoms with Crippen LogP contribution in [0.1, 0.15) is 36.5 Å². The van der Waals surface area contributed by atoms with Crippen molar-refractivity contribution in [3.05, 3.63) is 53.1 Å². The first-order valence-corrected chi connectivity index (χ1v) is 9.68. The van der Waals surface area contributed by atoms with E-state index in [0.717, 1.165) is 22.6 Å². The van der Waals surface area contributed by atoms with Gasteiger partial charge in [-0.15, -0.1) is 0 Å². The molecule has 0 saturated carbocycles. The van der Waals surface area contributed by atoms with Crippen LogP contribution in [0.5, 0.6) is 11.5 Å². The predicted molar refractivity (Wildman–Crippen MR) is 111 cm³/mol. The van der Waals surface area contributed by atoms with Gasteiger partial charge in [0.05, 0.1) is 19.4 Å². The smallest absolute Gasteiger partial charge is 0.264 e. The van der Waals surface area contributed by atoms with Crippen LogP contribution >= 0.6 is 0 Å². The summed E-state index contributed by atoms with van der Waals surface area (Å²) in [7, 11) is 1.61. The molecule has 0 saturated heterocycles. The molecule has 0 aliphatic carbocycles. The summed E-state index contributed by atoms with van der Waals surface area (Å²) in [6.45, 7) is 6.03. The highest BCUT2D eigenvalue weighted by Crippen LogP contribution is 2.45. The minimum atomic E-state index is -1.80. The molecule has 2 aromatic rings. The third-order valence-corrected chi connectivity index (χ3v) is 5.12. The van der Waals surface area contributed by atoms with E-state index in [1.165, 1.54) is 6.92 Å². The standard InChI is InChI=1S/C23H27NO5/c1-15-12-16(2)21-20(13-15)23(27,14-17(3)25)22(26)24(21)10-5-11-29-19-8-6-18(28-4)7-9-19/h6-9,12-13,27H,5,10-11,14H2,1-4H3. The molecule has 0 bridgehead atoms. The number of fused-ring (bicyclic) bond motifs is 1. The zero-order chi connectivity index (χ0) is 21.2. The lowest BCUT2D eigenvalue weighted by Gasteiger charge is -2.22. The Kier molecular flexibility index (Phi) is 5.94. The average Bonchev–Trinajstić information content (AvgIpc) is 2.87. The fourth-order valence-corrected chi connectivity index (χ4v) is 3.90. The van der Waals surface area contributed by atoms with Crippen molar-refractivity contribution in [2.45, 2.75) is 39.2 Å². The number of aryl methyl sites for hydroxylation is 2. The van der Waals surface area contributed by atoms with Crippen molar-refractivity contribution in [1.29, 1.82) is 0 Å². The average molecular weight is 397 g/mol. The fourth-order valence-electron chi connectivity index (χ4n) is 3.90. The lowest BCUT2D eigenvalue weighted by atomic mass is 9.88. The van der Waals surface area contributed by atoms with Crippen molar-refractivity contribution in [3.63, 3.8) is 0 Å². The van der Waals surface area contributed by atoms with Crippen LogP contribution in [0.15, 0.2) is 36.4 Å². The van der Waals surface area contributed by atoms with Gasteiger partial charge < -0.3 is 19.5 Å². The molecule has 1 amide bonds. The van der Waals surface area contributed by atoms with Gasteiger partial charge in [-0.3, -0.25) is 9.59 Å². The van der Waals surface area contributed by atoms with E-state index in [4.69, 9.17) is 9.47 Å². The summed E-state index contributed by atoms with van der Waals surface area (Å²) in [5.41, 5.74) is 1.28. The number of carbonyl (C=O) groups is 2. The van der Waals surface area contributed by atoms with Gasteiger partial charge in [0.1, 0.15) is 17.3 Å². The maximum Gasteiger partial charge on any atom is 0.264 e. The van der Waals surface area contributed by atoms with Crippen LogP contribution in [0.2, 0.25) is 0 Å². The van der Waals surface area contributed by atoms with Crippen molar-refractivity contribution in [2.75, 3.05) is 25.2 Å². The SMILES string of the molecule is COc1ccc(OCCCN2C(=O)C(O)(CC(C)=O)c3cc(C)cc(C)c32)cc1. The molecule has 1 aliphatic rings. The molecule has 0 spiro atoms. The lowest BCUT2D eigenvalue weighted by Crippen LogP contribution is -2.42. The highest BCUT2D eigenvalue weighted by Gasteiger charge is 2.50. The van der Waals surface area contributed by atoms with E-state index in [-0.39, 0.29) is 12.2 Å². The number of hydrogen-bond acceptors (Lipinski definition) is 5. The van der Waals surface area contributed by atoms with Crippen LogP contribution in [0.4, 0.5) is 5.69 Å². The van der Waals surface area contributed by atoms with E-state index >= 15 is 0 Å². The van der Waals surface area contributed by atoms with Gasteiger partial charge in [-0.05, 0) is 57.0 Å². The Balaban J connectivity index is 1.74. The van der Waals surface area contributed by atoms with Gasteiger partial charge in [-0.25, -0.2) is 0 Å². The molecular weight excluding hydrogens is 370 g/mol. The maximum atomic E-state index is 13.1. The zero-order valence-corrected chi connectivity index (χ0v) is 17.3. The van der Waals surface area contributed by atoms with Crippen molar-refractivity contribution in [1.82, 2.24) is 0 Å². The summed E-state index contributed by atoms with van der Waals surface area (Å²) in [6.07, 6.45) is 0.362. The van der Waals surface area contributed by atoms with Crippen LogP contribution in [0.3, 0.4) is 0 Å². The van der Waals surface area contributed by atoms with Crippen molar-refractivity contribution >= 4 is 17.4 Å². The fraction of sp³-hybridized carbons (Fsp3) is 0.391. The largest absolute Gasteiger partial charge is 0.497 e. The number of anilines is 1. The minimum Gasteiger partial charge on any atom is -0.497 e. The molecule has 29 heavy (non-hydrogen) atoms. The Morgan fingerprint density at radius 1 is 1.14 bits per heavy atom. The number of methoxy groups -OCH3 is 1. The highest BCUT2D eigenvalue weighted by atomic mass is 16.5. The molecule has 1 heterocycles. The molecule has 6 heteroatoms. The van der Waals surface area contributed by atoms with Crippen LogP contribution in [0, 0.1) is 13.8 Å². The highest BCUT2D eigenvalue weighted by molar-refractivity contribution is 6.09. The zero-order valence-electron chi connectivity index (χ0n) is 17.3. The van der Waals surface area contributed by atoms with Gasteiger partial charge >= 0.3 is 0 Å². The van der Waals surface area contributed by atoms with Gasteiger partial charge in [-0.1, -0.05) is 17.7 Å². The van der Waals surface area contributed by atoms with Crippen LogP contribution in [-0.2, 0) is 15.2 Å². The Hall–Kier alpha value is -2.86. The number of ketones is 1. The Morgan fingerprint density at radius 2 is 1.79 bits per heavy atom. The summed E-state index contributed by atoms with van der Waals surface area (Å²) in [4.78, 5) is 26.4. The second-order valence-corrected chi connectivity index (χ2v) is 7.55. The third-order valence-electron chi connectivity index (χ3n) is 5.12. The van der Waals surface area contributed by atoms with Gasteiger partial charge in [0.15, 0.2) is 5.60 Å². The lowest BCUT2D eigenvalue weighted by molar-refractivity contribution is -0.141. The summed E-state index contributed by atoms with van der Waals surface area (Å²) in [5, 5.41) is 11.1. The van der Waals surface area contributed by atoms with Gasteiger partial charge in [-0.2, -0.15) is 0 Å². The molecule has 154 valence electrons. The van der Waals surface area contributed by atoms with E-state index in [2.05, 4.69) is 0 Å². The first kappa shape index (κ1) is 20.9. The number of hydrogen-bond donors (Lipinski definition) is 1. The topological polar surface area (TPSA) is 76.1 Å². The molecule has 2 aromatic carbocycles. The maximum absolute atomic E-state index is 13.1. The number of carbonyl (C=O) groups excluding carboxylic acids is 2. The number of Topliss-reactive ketones (excluding diaryl/α,β-unsaturated/α-hetero) is 1. The van der Waals surface area contributed by atoms with Crippen molar-refractivity contribution in [2.24, 2.45) is 0 Å². The quantitative estimate of drug-likeness (QED) is 0.692. The number of ether oxygens (including phenoxy) is 2. The predicted octanol–water partition coefficient (Wildman–Crippen LogP) is 3.29. The van der Waals surface area contributed by atoms with Crippen molar-refractivity contribution < 1.29 is 24.2 Å². The van der Waals surface area contributed by atoms with E-state index < -0.39 is 11.5 Å². The summed E-state index contributed by atoms with van der Waals surface area (Å²) < 4.78 is 10.9. The summed E-state index contributed by atoms with van der Waals surface area (Å²) >= 11 is 0. The second-order valence-electron chi connectivity index (χ2n) is 7.55. The van der Waals surface area contributed by atoms with E-state index in [1.807, 2.05) is 44.2 Å². The summed E-state index contributed by atoms with van der Waals surface area (Å²) in [6, 6.07) is 11.1. The molecule has 1 N–H and O–H groups in total. The normalized spacial score (nSPS) is 18.0. The van der Waals surface area contributed by atoms with E-state index in [9.17, 15) is 14.7 Å². The molecule has 0 radical (unpaired) electrons. The van der Waals surface area contributed by atoms with Gasteiger partial charge in [0.25, 0.3) is 5.91 Å². The number of rotatable bonds is 8. The summed E-state index contributed by atoms with van der Waals surface area (Å²) in [5.74, 6) is 0.808. The van der Waals surface area contributed by atoms with Crippen LogP contribution < -0.4 is 14.4 Å². The first-order chi connectivity index (χ1) is 13.8. The molecule has 6 nitrogen and oxygen atoms in total. The molecule has 0 aromatic heterocycles.